The molecular formula is C21H29N5O2S. The summed E-state index contributed by atoms with van der Waals surface area (Å²) in [6, 6.07) is 11.5. The van der Waals surface area contributed by atoms with E-state index in [0.717, 1.165) is 37.6 Å². The summed E-state index contributed by atoms with van der Waals surface area (Å²) in [6.07, 6.45) is 5.72. The Kier molecular flexibility index (Phi) is 8.45. The Morgan fingerprint density at radius 1 is 1.10 bits per heavy atom. The zero-order chi connectivity index (χ0) is 20.3. The van der Waals surface area contributed by atoms with Gasteiger partial charge < -0.3 is 25.0 Å². The molecule has 2 aromatic rings. The lowest BCUT2D eigenvalue weighted by Crippen LogP contribution is -2.31. The highest BCUT2D eigenvalue weighted by Gasteiger charge is 2.15. The minimum atomic E-state index is 0.432. The van der Waals surface area contributed by atoms with E-state index < -0.39 is 0 Å². The third-order valence-corrected chi connectivity index (χ3v) is 4.87. The largest absolute Gasteiger partial charge is 0.439 e. The zero-order valence-corrected chi connectivity index (χ0v) is 17.7. The molecule has 0 saturated carbocycles. The first-order chi connectivity index (χ1) is 14.2. The van der Waals surface area contributed by atoms with E-state index in [4.69, 9.17) is 26.7 Å². The number of benzene rings is 1. The maximum atomic E-state index is 5.98. The van der Waals surface area contributed by atoms with E-state index in [-0.39, 0.29) is 0 Å². The smallest absolute Gasteiger partial charge is 0.234 e. The monoisotopic (exact) mass is 415 g/mol. The molecule has 1 aromatic heterocycles. The first-order valence-corrected chi connectivity index (χ1v) is 10.6. The number of hydrogen-bond donors (Lipinski definition) is 2. The van der Waals surface area contributed by atoms with Crippen LogP contribution in [0.15, 0.2) is 36.4 Å². The molecule has 1 aliphatic heterocycles. The van der Waals surface area contributed by atoms with Gasteiger partial charge in [0.2, 0.25) is 11.8 Å². The van der Waals surface area contributed by atoms with E-state index >= 15 is 0 Å². The standard InChI is InChI=1S/C21H29N5O2S/c1-27-15-9-12-22-21(29)25-20-23-18(26-13-7-2-3-8-14-26)16-19(24-20)28-17-10-5-4-6-11-17/h4-6,10-11,16H,2-3,7-9,12-15H2,1H3,(H2,22,23,24,25,29). The van der Waals surface area contributed by atoms with E-state index in [2.05, 4.69) is 20.5 Å². The van der Waals surface area contributed by atoms with Gasteiger partial charge in [-0.05, 0) is 43.6 Å². The Labute approximate surface area is 177 Å². The second kappa shape index (κ2) is 11.5. The molecule has 1 aliphatic rings. The van der Waals surface area contributed by atoms with Crippen molar-refractivity contribution < 1.29 is 9.47 Å². The molecule has 0 aliphatic carbocycles. The number of thiocarbonyl (C=S) groups is 1. The van der Waals surface area contributed by atoms with Crippen LogP contribution in [0.4, 0.5) is 11.8 Å². The topological polar surface area (TPSA) is 71.5 Å². The summed E-state index contributed by atoms with van der Waals surface area (Å²) in [6.45, 7) is 3.38. The van der Waals surface area contributed by atoms with Gasteiger partial charge in [0.15, 0.2) is 5.11 Å². The van der Waals surface area contributed by atoms with Crippen LogP contribution in [-0.2, 0) is 4.74 Å². The Bertz CT molecular complexity index is 767. The predicted molar refractivity (Wildman–Crippen MR) is 120 cm³/mol. The van der Waals surface area contributed by atoms with Gasteiger partial charge >= 0.3 is 0 Å². The Hall–Kier alpha value is -2.45. The molecule has 0 spiro atoms. The van der Waals surface area contributed by atoms with Gasteiger partial charge in [0.25, 0.3) is 0 Å². The first kappa shape index (κ1) is 21.3. The minimum Gasteiger partial charge on any atom is -0.439 e. The van der Waals surface area contributed by atoms with Crippen molar-refractivity contribution in [2.24, 2.45) is 0 Å². The fourth-order valence-corrected chi connectivity index (χ4v) is 3.35. The number of ether oxygens (including phenoxy) is 2. The molecule has 1 aromatic carbocycles. The van der Waals surface area contributed by atoms with E-state index in [0.29, 0.717) is 23.5 Å². The minimum absolute atomic E-state index is 0.432. The molecule has 8 heteroatoms. The van der Waals surface area contributed by atoms with Crippen LogP contribution in [0, 0.1) is 0 Å². The van der Waals surface area contributed by atoms with Gasteiger partial charge in [0.05, 0.1) is 0 Å². The summed E-state index contributed by atoms with van der Waals surface area (Å²) >= 11 is 5.38. The summed E-state index contributed by atoms with van der Waals surface area (Å²) in [7, 11) is 1.69. The van der Waals surface area contributed by atoms with Crippen LogP contribution in [-0.4, -0.2) is 48.4 Å². The molecule has 2 heterocycles. The average molecular weight is 416 g/mol. The second-order valence-electron chi connectivity index (χ2n) is 6.93. The Balaban J connectivity index is 1.75. The number of methoxy groups -OCH3 is 1. The van der Waals surface area contributed by atoms with Crippen molar-refractivity contribution >= 4 is 29.1 Å². The van der Waals surface area contributed by atoms with Crippen LogP contribution in [0.3, 0.4) is 0 Å². The third kappa shape index (κ3) is 7.14. The van der Waals surface area contributed by atoms with Crippen LogP contribution in [0.25, 0.3) is 0 Å². The van der Waals surface area contributed by atoms with Crippen molar-refractivity contribution in [1.29, 1.82) is 0 Å². The number of rotatable bonds is 8. The van der Waals surface area contributed by atoms with Gasteiger partial charge in [0, 0.05) is 39.4 Å². The lowest BCUT2D eigenvalue weighted by atomic mass is 10.2. The molecule has 0 unspecified atom stereocenters. The van der Waals surface area contributed by atoms with Gasteiger partial charge in [-0.15, -0.1) is 0 Å². The highest BCUT2D eigenvalue weighted by Crippen LogP contribution is 2.26. The SMILES string of the molecule is COCCCNC(=S)Nc1nc(Oc2ccccc2)cc(N2CCCCCC2)n1. The first-order valence-electron chi connectivity index (χ1n) is 10.2. The molecule has 0 amide bonds. The molecule has 7 nitrogen and oxygen atoms in total. The van der Waals surface area contributed by atoms with Crippen molar-refractivity contribution in [2.45, 2.75) is 32.1 Å². The van der Waals surface area contributed by atoms with Gasteiger partial charge in [-0.3, -0.25) is 0 Å². The molecule has 1 fully saturated rings. The highest BCUT2D eigenvalue weighted by atomic mass is 32.1. The van der Waals surface area contributed by atoms with Gasteiger partial charge in [0.1, 0.15) is 11.6 Å². The van der Waals surface area contributed by atoms with Gasteiger partial charge in [-0.1, -0.05) is 31.0 Å². The summed E-state index contributed by atoms with van der Waals surface area (Å²) in [5, 5.41) is 6.73. The van der Waals surface area contributed by atoms with Crippen molar-refractivity contribution in [3.8, 4) is 11.6 Å². The molecule has 3 rings (SSSR count). The Morgan fingerprint density at radius 2 is 1.86 bits per heavy atom. The normalized spacial score (nSPS) is 14.2. The molecule has 2 N–H and O–H groups in total. The van der Waals surface area contributed by atoms with E-state index in [1.165, 1.54) is 25.7 Å². The number of aromatic nitrogens is 2. The van der Waals surface area contributed by atoms with E-state index in [9.17, 15) is 0 Å². The molecular weight excluding hydrogens is 386 g/mol. The lowest BCUT2D eigenvalue weighted by molar-refractivity contribution is 0.196. The van der Waals surface area contributed by atoms with E-state index in [1.807, 2.05) is 36.4 Å². The lowest BCUT2D eigenvalue weighted by Gasteiger charge is -2.22. The fraction of sp³-hybridized carbons (Fsp3) is 0.476. The number of nitrogens with zero attached hydrogens (tertiary/aromatic N) is 3. The van der Waals surface area contributed by atoms with Crippen LogP contribution in [0.5, 0.6) is 11.6 Å². The van der Waals surface area contributed by atoms with Gasteiger partial charge in [-0.25, -0.2) is 0 Å². The molecule has 29 heavy (non-hydrogen) atoms. The third-order valence-electron chi connectivity index (χ3n) is 4.62. The van der Waals surface area contributed by atoms with Crippen molar-refractivity contribution in [2.75, 3.05) is 43.6 Å². The predicted octanol–water partition coefficient (Wildman–Crippen LogP) is 3.97. The molecule has 1 saturated heterocycles. The van der Waals surface area contributed by atoms with E-state index in [1.54, 1.807) is 7.11 Å². The van der Waals surface area contributed by atoms with Crippen LogP contribution >= 0.6 is 12.2 Å². The quantitative estimate of drug-likeness (QED) is 0.496. The Morgan fingerprint density at radius 3 is 2.59 bits per heavy atom. The average Bonchev–Trinajstić information content (AvgIpc) is 3.01. The molecule has 0 radical (unpaired) electrons. The van der Waals surface area contributed by atoms with Crippen LogP contribution < -0.4 is 20.3 Å². The summed E-state index contributed by atoms with van der Waals surface area (Å²) in [4.78, 5) is 11.5. The molecule has 0 atom stereocenters. The number of para-hydroxylation sites is 1. The van der Waals surface area contributed by atoms with Crippen LogP contribution in [0.1, 0.15) is 32.1 Å². The van der Waals surface area contributed by atoms with Gasteiger partial charge in [-0.2, -0.15) is 9.97 Å². The van der Waals surface area contributed by atoms with Crippen molar-refractivity contribution in [3.63, 3.8) is 0 Å². The number of anilines is 2. The fourth-order valence-electron chi connectivity index (χ4n) is 3.16. The second-order valence-corrected chi connectivity index (χ2v) is 7.34. The number of nitrogens with one attached hydrogen (secondary N) is 2. The summed E-state index contributed by atoms with van der Waals surface area (Å²) in [5.41, 5.74) is 0. The molecule has 156 valence electrons. The van der Waals surface area contributed by atoms with Crippen molar-refractivity contribution in [1.82, 2.24) is 15.3 Å². The highest BCUT2D eigenvalue weighted by molar-refractivity contribution is 7.80. The van der Waals surface area contributed by atoms with Crippen LogP contribution in [0.2, 0.25) is 0 Å². The zero-order valence-electron chi connectivity index (χ0n) is 16.9. The maximum absolute atomic E-state index is 5.98. The maximum Gasteiger partial charge on any atom is 0.234 e. The summed E-state index contributed by atoms with van der Waals surface area (Å²) < 4.78 is 11.0. The van der Waals surface area contributed by atoms with Crippen molar-refractivity contribution in [3.05, 3.63) is 36.4 Å². The number of hydrogen-bond acceptors (Lipinski definition) is 6. The molecule has 0 bridgehead atoms. The summed E-state index contributed by atoms with van der Waals surface area (Å²) in [5.74, 6) is 2.52.